The summed E-state index contributed by atoms with van der Waals surface area (Å²) in [4.78, 5) is 13.3. The van der Waals surface area contributed by atoms with Gasteiger partial charge in [0.25, 0.3) is 0 Å². The van der Waals surface area contributed by atoms with Gasteiger partial charge in [-0.1, -0.05) is 289 Å². The van der Waals surface area contributed by atoms with Crippen molar-refractivity contribution in [1.82, 2.24) is 0 Å². The summed E-state index contributed by atoms with van der Waals surface area (Å²) in [6, 6.07) is 0. The first-order valence-corrected chi connectivity index (χ1v) is 29.1. The molecule has 1 aliphatic carbocycles. The van der Waals surface area contributed by atoms with E-state index in [1.807, 2.05) is 6.92 Å². The first-order valence-electron chi connectivity index (χ1n) is 29.1. The Bertz CT molecular complexity index is 928. The highest BCUT2D eigenvalue weighted by atomic mass is 16.7. The molecule has 62 heavy (non-hydrogen) atoms. The van der Waals surface area contributed by atoms with Crippen molar-refractivity contribution in [2.24, 2.45) is 5.41 Å². The third-order valence-corrected chi connectivity index (χ3v) is 15.2. The lowest BCUT2D eigenvalue weighted by atomic mass is 9.78. The van der Waals surface area contributed by atoms with Gasteiger partial charge >= 0.3 is 5.97 Å². The summed E-state index contributed by atoms with van der Waals surface area (Å²) in [5.41, 5.74) is -0.458. The minimum absolute atomic E-state index is 0.0255. The quantitative estimate of drug-likeness (QED) is 0.259. The lowest BCUT2D eigenvalue weighted by Gasteiger charge is -2.33. The van der Waals surface area contributed by atoms with E-state index in [0.717, 1.165) is 38.5 Å². The zero-order valence-corrected chi connectivity index (χ0v) is 42.6. The lowest BCUT2D eigenvalue weighted by molar-refractivity contribution is -0.177. The highest BCUT2D eigenvalue weighted by Crippen LogP contribution is 2.39. The molecule has 1 atom stereocenters. The maximum Gasteiger partial charge on any atom is 0.311 e. The van der Waals surface area contributed by atoms with E-state index in [9.17, 15) is 4.79 Å². The maximum atomic E-state index is 13.3. The van der Waals surface area contributed by atoms with Crippen LogP contribution in [-0.2, 0) is 19.0 Å². The molecule has 2 aliphatic rings. The van der Waals surface area contributed by atoms with E-state index >= 15 is 0 Å². The number of ether oxygens (including phenoxy) is 3. The highest BCUT2D eigenvalue weighted by molar-refractivity contribution is 5.76. The predicted molar refractivity (Wildman–Crippen MR) is 270 cm³/mol. The van der Waals surface area contributed by atoms with Crippen LogP contribution in [0.1, 0.15) is 335 Å². The molecule has 0 bridgehead atoms. The van der Waals surface area contributed by atoms with Gasteiger partial charge in [-0.3, -0.25) is 4.79 Å². The fourth-order valence-electron chi connectivity index (χ4n) is 10.7. The summed E-state index contributed by atoms with van der Waals surface area (Å²) in [5, 5.41) is 0. The van der Waals surface area contributed by atoms with E-state index in [0.29, 0.717) is 19.8 Å². The number of hydrogen-bond donors (Lipinski definition) is 0. The first kappa shape index (κ1) is 57.5. The zero-order chi connectivity index (χ0) is 44.2. The van der Waals surface area contributed by atoms with Crippen LogP contribution >= 0.6 is 0 Å². The molecule has 2 fully saturated rings. The molecule has 0 N–H and O–H groups in total. The van der Waals surface area contributed by atoms with Gasteiger partial charge in [0.05, 0.1) is 25.2 Å². The van der Waals surface area contributed by atoms with Crippen LogP contribution in [0.3, 0.4) is 0 Å². The molecule has 1 spiro atoms. The summed E-state index contributed by atoms with van der Waals surface area (Å²) in [7, 11) is 0. The van der Waals surface area contributed by atoms with E-state index in [2.05, 4.69) is 6.92 Å². The number of rotatable bonds is 2. The van der Waals surface area contributed by atoms with Gasteiger partial charge in [0.1, 0.15) is 0 Å². The minimum Gasteiger partial charge on any atom is -0.466 e. The van der Waals surface area contributed by atoms with Crippen LogP contribution < -0.4 is 0 Å². The Hall–Kier alpha value is -0.610. The Labute approximate surface area is 389 Å². The largest absolute Gasteiger partial charge is 0.466 e. The van der Waals surface area contributed by atoms with Gasteiger partial charge < -0.3 is 14.2 Å². The van der Waals surface area contributed by atoms with Gasteiger partial charge in [0.15, 0.2) is 5.79 Å². The Kier molecular flexibility index (Phi) is 39.9. The average Bonchev–Trinajstić information content (AvgIpc) is 3.75. The van der Waals surface area contributed by atoms with Gasteiger partial charge in [-0.15, -0.1) is 0 Å². The third kappa shape index (κ3) is 33.8. The number of esters is 1. The summed E-state index contributed by atoms with van der Waals surface area (Å²) in [6.07, 6.45) is 68.7. The van der Waals surface area contributed by atoms with Crippen LogP contribution in [0.25, 0.3) is 0 Å². The molecular formula is C58H112O4. The molecule has 4 heteroatoms. The van der Waals surface area contributed by atoms with Crippen molar-refractivity contribution in [2.75, 3.05) is 19.8 Å². The van der Waals surface area contributed by atoms with E-state index < -0.39 is 11.2 Å². The molecule has 0 aromatic heterocycles. The maximum absolute atomic E-state index is 13.3. The molecule has 1 saturated carbocycles. The topological polar surface area (TPSA) is 44.8 Å². The van der Waals surface area contributed by atoms with Crippen molar-refractivity contribution >= 4 is 5.97 Å². The summed E-state index contributed by atoms with van der Waals surface area (Å²) in [5.74, 6) is -0.530. The number of carbonyl (C=O) groups is 1. The smallest absolute Gasteiger partial charge is 0.311 e. The van der Waals surface area contributed by atoms with Crippen LogP contribution in [-0.4, -0.2) is 31.6 Å². The highest BCUT2D eigenvalue weighted by Gasteiger charge is 2.41. The Balaban J connectivity index is 1.63. The molecule has 0 amide bonds. The Morgan fingerprint density at radius 1 is 0.323 bits per heavy atom. The van der Waals surface area contributed by atoms with Crippen LogP contribution in [0.4, 0.5) is 0 Å². The SMILES string of the molecule is CCOC(=O)C1(C)CCCCCCCCCCCCCCCCCCCCCCCCCCCCCCCCCCCCCCCCCCCCCCCCC2(CC1)OCCO2. The molecule has 0 radical (unpaired) electrons. The van der Waals surface area contributed by atoms with Crippen molar-refractivity contribution in [3.8, 4) is 0 Å². The molecule has 0 aromatic rings. The summed E-state index contributed by atoms with van der Waals surface area (Å²) < 4.78 is 18.3. The monoisotopic (exact) mass is 873 g/mol. The second-order valence-corrected chi connectivity index (χ2v) is 21.2. The first-order chi connectivity index (χ1) is 30.6. The second-order valence-electron chi connectivity index (χ2n) is 21.2. The fraction of sp³-hybridized carbons (Fsp3) is 0.983. The van der Waals surface area contributed by atoms with E-state index in [4.69, 9.17) is 14.2 Å². The normalized spacial score (nSPS) is 26.3. The lowest BCUT2D eigenvalue weighted by Crippen LogP contribution is -2.36. The van der Waals surface area contributed by atoms with E-state index in [-0.39, 0.29) is 5.97 Å². The van der Waals surface area contributed by atoms with Crippen molar-refractivity contribution in [3.05, 3.63) is 0 Å². The molecule has 1 saturated heterocycles. The minimum atomic E-state index is -0.505. The van der Waals surface area contributed by atoms with Crippen LogP contribution in [0.15, 0.2) is 0 Å². The standard InChI is InChI=1S/C58H112O4/c1-3-60-56(59)57(2)50-48-46-44-42-40-38-36-34-32-30-28-26-24-22-20-18-16-14-12-10-8-6-4-5-7-9-11-13-15-17-19-21-23-25-27-29-31-33-35-37-39-41-43-45-47-49-51-58(53-52-57)61-54-55-62-58/h3-55H2,1-2H3. The van der Waals surface area contributed by atoms with Crippen LogP contribution in [0.2, 0.25) is 0 Å². The van der Waals surface area contributed by atoms with E-state index in [1.54, 1.807) is 0 Å². The Morgan fingerprint density at radius 3 is 0.758 bits per heavy atom. The number of carbonyl (C=O) groups excluding carboxylic acids is 1. The Morgan fingerprint density at radius 2 is 0.532 bits per heavy atom. The molecule has 4 nitrogen and oxygen atoms in total. The van der Waals surface area contributed by atoms with Gasteiger partial charge in [-0.25, -0.2) is 0 Å². The molecule has 1 unspecified atom stereocenters. The fourth-order valence-corrected chi connectivity index (χ4v) is 10.7. The molecule has 0 aromatic carbocycles. The van der Waals surface area contributed by atoms with Gasteiger partial charge in [0, 0.05) is 12.8 Å². The molecule has 368 valence electrons. The number of hydrogen-bond acceptors (Lipinski definition) is 4. The van der Waals surface area contributed by atoms with Crippen LogP contribution in [0, 0.1) is 5.41 Å². The van der Waals surface area contributed by atoms with Crippen molar-refractivity contribution in [2.45, 2.75) is 341 Å². The summed E-state index contributed by atoms with van der Waals surface area (Å²) >= 11 is 0. The van der Waals surface area contributed by atoms with Crippen molar-refractivity contribution in [1.29, 1.82) is 0 Å². The zero-order valence-electron chi connectivity index (χ0n) is 42.6. The molecular weight excluding hydrogens is 761 g/mol. The average molecular weight is 874 g/mol. The second kappa shape index (κ2) is 43.0. The summed E-state index contributed by atoms with van der Waals surface area (Å²) in [6.45, 7) is 5.88. The predicted octanol–water partition coefficient (Wildman–Crippen LogP) is 19.8. The van der Waals surface area contributed by atoms with Gasteiger partial charge in [-0.05, 0) is 33.1 Å². The molecule has 2 rings (SSSR count). The van der Waals surface area contributed by atoms with Gasteiger partial charge in [0.2, 0.25) is 0 Å². The van der Waals surface area contributed by atoms with Gasteiger partial charge in [-0.2, -0.15) is 0 Å². The molecule has 1 heterocycles. The van der Waals surface area contributed by atoms with Crippen LogP contribution in [0.5, 0.6) is 0 Å². The van der Waals surface area contributed by atoms with Crippen molar-refractivity contribution in [3.63, 3.8) is 0 Å². The molecule has 1 aliphatic heterocycles. The van der Waals surface area contributed by atoms with Crippen molar-refractivity contribution < 1.29 is 19.0 Å². The third-order valence-electron chi connectivity index (χ3n) is 15.2. The van der Waals surface area contributed by atoms with E-state index in [1.165, 1.54) is 283 Å².